The molecule has 1 aromatic rings. The average molecular weight is 215 g/mol. The first-order valence-electron chi connectivity index (χ1n) is 3.14. The van der Waals surface area contributed by atoms with Gasteiger partial charge in [0, 0.05) is 10.9 Å². The fourth-order valence-electron chi connectivity index (χ4n) is 0.847. The number of rotatable bonds is 2. The van der Waals surface area contributed by atoms with Crippen molar-refractivity contribution >= 4 is 22.2 Å². The first-order chi connectivity index (χ1) is 5.22. The largest absolute Gasteiger partial charge is 0.508 e. The third kappa shape index (κ3) is 2.35. The lowest BCUT2D eigenvalue weighted by Gasteiger charge is -1.97. The van der Waals surface area contributed by atoms with Crippen LogP contribution in [-0.2, 0) is 11.2 Å². The molecule has 0 fully saturated rings. The summed E-state index contributed by atoms with van der Waals surface area (Å²) in [5, 5.41) is 9.07. The molecule has 1 N–H and O–H groups in total. The molecule has 0 aliphatic carbocycles. The number of hydrogen-bond acceptors (Lipinski definition) is 2. The van der Waals surface area contributed by atoms with Gasteiger partial charge in [-0.2, -0.15) is 0 Å². The Morgan fingerprint density at radius 3 is 2.73 bits per heavy atom. The molecule has 1 aromatic carbocycles. The van der Waals surface area contributed by atoms with Crippen LogP contribution in [0.3, 0.4) is 0 Å². The zero-order chi connectivity index (χ0) is 8.27. The smallest absolute Gasteiger partial charge is 0.124 e. The average Bonchev–Trinajstić information content (AvgIpc) is 1.85. The maximum atomic E-state index is 10.1. The Labute approximate surface area is 73.0 Å². The van der Waals surface area contributed by atoms with Crippen molar-refractivity contribution in [1.29, 1.82) is 0 Å². The highest BCUT2D eigenvalue weighted by Crippen LogP contribution is 2.19. The van der Waals surface area contributed by atoms with E-state index >= 15 is 0 Å². The van der Waals surface area contributed by atoms with E-state index in [2.05, 4.69) is 15.9 Å². The van der Waals surface area contributed by atoms with Crippen molar-refractivity contribution in [3.63, 3.8) is 0 Å². The highest BCUT2D eigenvalue weighted by atomic mass is 79.9. The standard InChI is InChI=1S/C8H7BrO2/c9-7-3-6(1-2-10)4-8(11)5-7/h2-5,11H,1H2. The summed E-state index contributed by atoms with van der Waals surface area (Å²) in [6.45, 7) is 0. The first-order valence-corrected chi connectivity index (χ1v) is 3.94. The van der Waals surface area contributed by atoms with Crippen molar-refractivity contribution in [3.8, 4) is 5.75 Å². The van der Waals surface area contributed by atoms with Crippen molar-refractivity contribution in [1.82, 2.24) is 0 Å². The number of benzene rings is 1. The minimum atomic E-state index is 0.177. The van der Waals surface area contributed by atoms with E-state index in [-0.39, 0.29) is 5.75 Å². The van der Waals surface area contributed by atoms with Crippen LogP contribution in [0, 0.1) is 0 Å². The van der Waals surface area contributed by atoms with Gasteiger partial charge in [0.15, 0.2) is 0 Å². The molecule has 2 nitrogen and oxygen atoms in total. The lowest BCUT2D eigenvalue weighted by Crippen LogP contribution is -1.84. The molecule has 0 unspecified atom stereocenters. The molecule has 0 spiro atoms. The maximum Gasteiger partial charge on any atom is 0.124 e. The maximum absolute atomic E-state index is 10.1. The van der Waals surface area contributed by atoms with E-state index in [1.807, 2.05) is 0 Å². The molecule has 0 atom stereocenters. The first kappa shape index (κ1) is 8.27. The Morgan fingerprint density at radius 2 is 2.18 bits per heavy atom. The van der Waals surface area contributed by atoms with E-state index in [1.165, 1.54) is 0 Å². The van der Waals surface area contributed by atoms with Crippen LogP contribution >= 0.6 is 15.9 Å². The summed E-state index contributed by atoms with van der Waals surface area (Å²) in [6, 6.07) is 4.95. The van der Waals surface area contributed by atoms with Gasteiger partial charge in [0.05, 0.1) is 0 Å². The number of hydrogen-bond donors (Lipinski definition) is 1. The molecule has 0 aliphatic rings. The van der Waals surface area contributed by atoms with Crippen molar-refractivity contribution in [2.45, 2.75) is 6.42 Å². The Hall–Kier alpha value is -0.830. The fourth-order valence-corrected chi connectivity index (χ4v) is 1.38. The topological polar surface area (TPSA) is 37.3 Å². The van der Waals surface area contributed by atoms with Crippen LogP contribution in [0.2, 0.25) is 0 Å². The number of carbonyl (C=O) groups is 1. The summed E-state index contributed by atoms with van der Waals surface area (Å²) >= 11 is 3.21. The lowest BCUT2D eigenvalue weighted by molar-refractivity contribution is -0.107. The van der Waals surface area contributed by atoms with Crippen LogP contribution in [0.15, 0.2) is 22.7 Å². The van der Waals surface area contributed by atoms with Crippen molar-refractivity contribution in [2.24, 2.45) is 0 Å². The third-order valence-electron chi connectivity index (χ3n) is 1.26. The minimum Gasteiger partial charge on any atom is -0.508 e. The highest BCUT2D eigenvalue weighted by Gasteiger charge is 1.96. The number of halogens is 1. The molecule has 0 saturated heterocycles. The van der Waals surface area contributed by atoms with E-state index in [4.69, 9.17) is 5.11 Å². The van der Waals surface area contributed by atoms with Gasteiger partial charge in [-0.15, -0.1) is 0 Å². The van der Waals surface area contributed by atoms with E-state index in [1.54, 1.807) is 18.2 Å². The highest BCUT2D eigenvalue weighted by molar-refractivity contribution is 9.10. The Bertz CT molecular complexity index is 251. The summed E-state index contributed by atoms with van der Waals surface area (Å²) in [6.07, 6.45) is 1.15. The van der Waals surface area contributed by atoms with Crippen LogP contribution in [0.5, 0.6) is 5.75 Å². The van der Waals surface area contributed by atoms with Crippen LogP contribution in [-0.4, -0.2) is 11.4 Å². The quantitative estimate of drug-likeness (QED) is 0.765. The van der Waals surface area contributed by atoms with Gasteiger partial charge in [-0.25, -0.2) is 0 Å². The molecule has 3 heteroatoms. The number of phenols is 1. The summed E-state index contributed by atoms with van der Waals surface area (Å²) in [4.78, 5) is 10.1. The lowest BCUT2D eigenvalue weighted by atomic mass is 10.2. The van der Waals surface area contributed by atoms with Crippen LogP contribution in [0.25, 0.3) is 0 Å². The minimum absolute atomic E-state index is 0.177. The predicted molar refractivity (Wildman–Crippen MR) is 45.6 cm³/mol. The van der Waals surface area contributed by atoms with E-state index < -0.39 is 0 Å². The van der Waals surface area contributed by atoms with Crippen molar-refractivity contribution in [3.05, 3.63) is 28.2 Å². The van der Waals surface area contributed by atoms with Gasteiger partial charge in [-0.3, -0.25) is 0 Å². The van der Waals surface area contributed by atoms with Gasteiger partial charge in [0.25, 0.3) is 0 Å². The van der Waals surface area contributed by atoms with E-state index in [0.29, 0.717) is 6.42 Å². The van der Waals surface area contributed by atoms with Gasteiger partial charge < -0.3 is 9.90 Å². The molecule has 0 bridgehead atoms. The number of aldehydes is 1. The molecule has 1 rings (SSSR count). The molecule has 11 heavy (non-hydrogen) atoms. The molecule has 0 aromatic heterocycles. The summed E-state index contributed by atoms with van der Waals surface area (Å²) in [5.41, 5.74) is 0.812. The predicted octanol–water partition coefficient (Wildman–Crippen LogP) is 1.90. The zero-order valence-corrected chi connectivity index (χ0v) is 7.34. The summed E-state index contributed by atoms with van der Waals surface area (Å²) in [5.74, 6) is 0.177. The van der Waals surface area contributed by atoms with Crippen molar-refractivity contribution < 1.29 is 9.90 Å². The van der Waals surface area contributed by atoms with Crippen LogP contribution < -0.4 is 0 Å². The normalized spacial score (nSPS) is 9.55. The fraction of sp³-hybridized carbons (Fsp3) is 0.125. The zero-order valence-electron chi connectivity index (χ0n) is 5.75. The Kier molecular flexibility index (Phi) is 2.65. The SMILES string of the molecule is O=CCc1cc(O)cc(Br)c1. The van der Waals surface area contributed by atoms with Crippen LogP contribution in [0.1, 0.15) is 5.56 Å². The van der Waals surface area contributed by atoms with Gasteiger partial charge in [0.2, 0.25) is 0 Å². The van der Waals surface area contributed by atoms with Crippen LogP contribution in [0.4, 0.5) is 0 Å². The van der Waals surface area contributed by atoms with E-state index in [0.717, 1.165) is 16.3 Å². The number of phenolic OH excluding ortho intramolecular Hbond substituents is 1. The van der Waals surface area contributed by atoms with Gasteiger partial charge in [0.1, 0.15) is 12.0 Å². The Balaban J connectivity index is 2.98. The molecule has 0 saturated carbocycles. The van der Waals surface area contributed by atoms with Gasteiger partial charge >= 0.3 is 0 Å². The third-order valence-corrected chi connectivity index (χ3v) is 1.72. The second kappa shape index (κ2) is 3.53. The van der Waals surface area contributed by atoms with E-state index in [9.17, 15) is 4.79 Å². The van der Waals surface area contributed by atoms with Crippen molar-refractivity contribution in [2.75, 3.05) is 0 Å². The number of carbonyl (C=O) groups excluding carboxylic acids is 1. The molecular weight excluding hydrogens is 208 g/mol. The monoisotopic (exact) mass is 214 g/mol. The Morgan fingerprint density at radius 1 is 1.45 bits per heavy atom. The molecule has 0 aliphatic heterocycles. The van der Waals surface area contributed by atoms with Gasteiger partial charge in [-0.05, 0) is 23.8 Å². The molecular formula is C8H7BrO2. The summed E-state index contributed by atoms with van der Waals surface area (Å²) in [7, 11) is 0. The summed E-state index contributed by atoms with van der Waals surface area (Å²) < 4.78 is 0.786. The van der Waals surface area contributed by atoms with Gasteiger partial charge in [-0.1, -0.05) is 15.9 Å². The molecule has 0 heterocycles. The second-order valence-corrected chi connectivity index (χ2v) is 3.10. The molecule has 58 valence electrons. The molecule has 0 amide bonds. The molecule has 0 radical (unpaired) electrons. The number of aromatic hydroxyl groups is 1. The second-order valence-electron chi connectivity index (χ2n) is 2.19.